The maximum atomic E-state index is 13.0. The number of ether oxygens (including phenoxy) is 1. The maximum absolute atomic E-state index is 13.0. The van der Waals surface area contributed by atoms with Crippen molar-refractivity contribution in [2.24, 2.45) is 0 Å². The second kappa shape index (κ2) is 11.1. The number of rotatable bonds is 8. The number of carbonyl (C=O) groups excluding carboxylic acids is 2. The summed E-state index contributed by atoms with van der Waals surface area (Å²) in [4.78, 5) is 25.2. The highest BCUT2D eigenvalue weighted by Gasteiger charge is 2.28. The van der Waals surface area contributed by atoms with Crippen LogP contribution in [0.15, 0.2) is 34.7 Å². The summed E-state index contributed by atoms with van der Waals surface area (Å²) in [6.07, 6.45) is 9.38. The Morgan fingerprint density at radius 3 is 2.56 bits per heavy atom. The van der Waals surface area contributed by atoms with Gasteiger partial charge in [0, 0.05) is 19.6 Å². The third-order valence-electron chi connectivity index (χ3n) is 6.17. The highest BCUT2D eigenvalue weighted by Crippen LogP contribution is 2.23. The lowest BCUT2D eigenvalue weighted by Gasteiger charge is -2.26. The van der Waals surface area contributed by atoms with Gasteiger partial charge in [0.05, 0.1) is 10.5 Å². The van der Waals surface area contributed by atoms with E-state index in [0.29, 0.717) is 25.2 Å². The van der Waals surface area contributed by atoms with Gasteiger partial charge < -0.3 is 10.1 Å². The molecule has 32 heavy (non-hydrogen) atoms. The Labute approximate surface area is 191 Å². The van der Waals surface area contributed by atoms with E-state index in [1.54, 1.807) is 13.0 Å². The number of benzene rings is 1. The molecule has 1 atom stereocenters. The lowest BCUT2D eigenvalue weighted by Crippen LogP contribution is -2.37. The van der Waals surface area contributed by atoms with Gasteiger partial charge in [-0.2, -0.15) is 4.31 Å². The first-order chi connectivity index (χ1) is 15.3. The molecule has 1 saturated heterocycles. The molecule has 3 rings (SSSR count). The van der Waals surface area contributed by atoms with Gasteiger partial charge in [0.2, 0.25) is 10.0 Å². The number of nitrogens with one attached hydrogen (secondary N) is 1. The van der Waals surface area contributed by atoms with Crippen LogP contribution in [-0.2, 0) is 19.6 Å². The second-order valence-electron chi connectivity index (χ2n) is 8.64. The van der Waals surface area contributed by atoms with Crippen LogP contribution in [0, 0.1) is 6.92 Å². The van der Waals surface area contributed by atoms with E-state index in [0.717, 1.165) is 38.5 Å². The molecular weight excluding hydrogens is 428 g/mol. The van der Waals surface area contributed by atoms with Crippen LogP contribution in [0.2, 0.25) is 0 Å². The number of sulfonamides is 1. The highest BCUT2D eigenvalue weighted by molar-refractivity contribution is 7.89. The van der Waals surface area contributed by atoms with E-state index in [9.17, 15) is 18.0 Å². The van der Waals surface area contributed by atoms with E-state index in [4.69, 9.17) is 4.74 Å². The van der Waals surface area contributed by atoms with Gasteiger partial charge in [-0.3, -0.25) is 4.79 Å². The molecule has 1 aromatic rings. The standard InChI is InChI=1S/C24H34N2O5S/c1-18-11-12-21(32(29,30)26-15-7-4-8-16-26)17-22(18)24(28)31-19(2)23(27)25-14-13-20-9-5-3-6-10-20/h9,11-12,17,19H,3-8,10,13-16H2,1-2H3,(H,25,27)/t19-/m0/s1. The molecule has 176 valence electrons. The Morgan fingerprint density at radius 1 is 1.12 bits per heavy atom. The van der Waals surface area contributed by atoms with Crippen LogP contribution in [0.4, 0.5) is 0 Å². The molecule has 2 aliphatic rings. The van der Waals surface area contributed by atoms with Crippen LogP contribution in [0.5, 0.6) is 0 Å². The molecule has 0 unspecified atom stereocenters. The average Bonchev–Trinajstić information content (AvgIpc) is 2.80. The van der Waals surface area contributed by atoms with Crippen LogP contribution in [0.1, 0.15) is 74.2 Å². The Morgan fingerprint density at radius 2 is 1.88 bits per heavy atom. The van der Waals surface area contributed by atoms with E-state index >= 15 is 0 Å². The highest BCUT2D eigenvalue weighted by atomic mass is 32.2. The van der Waals surface area contributed by atoms with Gasteiger partial charge in [0.25, 0.3) is 5.91 Å². The zero-order chi connectivity index (χ0) is 23.1. The van der Waals surface area contributed by atoms with Gasteiger partial charge in [-0.05, 0) is 76.5 Å². The van der Waals surface area contributed by atoms with Crippen molar-refractivity contribution < 1.29 is 22.7 Å². The monoisotopic (exact) mass is 462 g/mol. The summed E-state index contributed by atoms with van der Waals surface area (Å²) in [6, 6.07) is 4.49. The second-order valence-corrected chi connectivity index (χ2v) is 10.6. The van der Waals surface area contributed by atoms with Crippen LogP contribution in [0.3, 0.4) is 0 Å². The molecule has 1 fully saturated rings. The molecule has 0 saturated carbocycles. The molecule has 1 aliphatic carbocycles. The van der Waals surface area contributed by atoms with Gasteiger partial charge in [-0.25, -0.2) is 13.2 Å². The predicted octanol–water partition coefficient (Wildman–Crippen LogP) is 3.72. The summed E-state index contributed by atoms with van der Waals surface area (Å²) < 4.78 is 32.7. The van der Waals surface area contributed by atoms with Gasteiger partial charge >= 0.3 is 5.97 Å². The average molecular weight is 463 g/mol. The largest absolute Gasteiger partial charge is 0.449 e. The van der Waals surface area contributed by atoms with Crippen molar-refractivity contribution in [2.45, 2.75) is 76.2 Å². The summed E-state index contributed by atoms with van der Waals surface area (Å²) in [5.74, 6) is -1.06. The van der Waals surface area contributed by atoms with Crippen LogP contribution in [0.25, 0.3) is 0 Å². The summed E-state index contributed by atoms with van der Waals surface area (Å²) in [5, 5.41) is 2.82. The Balaban J connectivity index is 1.60. The fourth-order valence-electron chi connectivity index (χ4n) is 4.14. The third kappa shape index (κ3) is 6.19. The van der Waals surface area contributed by atoms with Crippen molar-refractivity contribution in [3.8, 4) is 0 Å². The van der Waals surface area contributed by atoms with E-state index in [2.05, 4.69) is 11.4 Å². The zero-order valence-corrected chi connectivity index (χ0v) is 19.9. The van der Waals surface area contributed by atoms with E-state index < -0.39 is 22.1 Å². The molecule has 1 heterocycles. The first kappa shape index (κ1) is 24.5. The van der Waals surface area contributed by atoms with E-state index in [1.165, 1.54) is 41.8 Å². The molecule has 0 bridgehead atoms. The lowest BCUT2D eigenvalue weighted by atomic mass is 9.97. The topological polar surface area (TPSA) is 92.8 Å². The van der Waals surface area contributed by atoms with Gasteiger partial charge in [-0.1, -0.05) is 24.1 Å². The number of allylic oxidation sites excluding steroid dienone is 1. The molecule has 0 aromatic heterocycles. The molecule has 1 aliphatic heterocycles. The smallest absolute Gasteiger partial charge is 0.339 e. The molecular formula is C24H34N2O5S. The lowest BCUT2D eigenvalue weighted by molar-refractivity contribution is -0.129. The zero-order valence-electron chi connectivity index (χ0n) is 19.1. The number of piperidine rings is 1. The Kier molecular flexibility index (Phi) is 8.48. The van der Waals surface area contributed by atoms with Crippen molar-refractivity contribution in [3.63, 3.8) is 0 Å². The molecule has 1 N–H and O–H groups in total. The first-order valence-electron chi connectivity index (χ1n) is 11.6. The first-order valence-corrected chi connectivity index (χ1v) is 13.0. The minimum atomic E-state index is -3.66. The van der Waals surface area contributed by atoms with Crippen molar-refractivity contribution in [1.29, 1.82) is 0 Å². The fourth-order valence-corrected chi connectivity index (χ4v) is 5.68. The van der Waals surface area contributed by atoms with Gasteiger partial charge in [-0.15, -0.1) is 0 Å². The van der Waals surface area contributed by atoms with Crippen molar-refractivity contribution in [1.82, 2.24) is 9.62 Å². The molecule has 1 amide bonds. The molecule has 8 heteroatoms. The summed E-state index contributed by atoms with van der Waals surface area (Å²) in [7, 11) is -3.66. The maximum Gasteiger partial charge on any atom is 0.339 e. The number of aryl methyl sites for hydroxylation is 1. The van der Waals surface area contributed by atoms with E-state index in [1.807, 2.05) is 0 Å². The SMILES string of the molecule is Cc1ccc(S(=O)(=O)N2CCCCC2)cc1C(=O)O[C@@H](C)C(=O)NCCC1=CCCCC1. The Bertz CT molecular complexity index is 965. The summed E-state index contributed by atoms with van der Waals surface area (Å²) >= 11 is 0. The number of hydrogen-bond acceptors (Lipinski definition) is 5. The number of hydrogen-bond donors (Lipinski definition) is 1. The summed E-state index contributed by atoms with van der Waals surface area (Å²) in [5.41, 5.74) is 2.13. The van der Waals surface area contributed by atoms with Crippen molar-refractivity contribution in [2.75, 3.05) is 19.6 Å². The van der Waals surface area contributed by atoms with Crippen LogP contribution in [-0.4, -0.2) is 50.3 Å². The number of esters is 1. The van der Waals surface area contributed by atoms with Gasteiger partial charge in [0.1, 0.15) is 0 Å². The normalized spacial score (nSPS) is 18.5. The number of amides is 1. The third-order valence-corrected chi connectivity index (χ3v) is 8.06. The van der Waals surface area contributed by atoms with Crippen molar-refractivity contribution >= 4 is 21.9 Å². The molecule has 7 nitrogen and oxygen atoms in total. The predicted molar refractivity (Wildman–Crippen MR) is 123 cm³/mol. The minimum Gasteiger partial charge on any atom is -0.449 e. The number of carbonyl (C=O) groups is 2. The van der Waals surface area contributed by atoms with E-state index in [-0.39, 0.29) is 16.4 Å². The fraction of sp³-hybridized carbons (Fsp3) is 0.583. The van der Waals surface area contributed by atoms with Gasteiger partial charge in [0.15, 0.2) is 6.10 Å². The Hall–Kier alpha value is -2.19. The number of nitrogens with zero attached hydrogens (tertiary/aromatic N) is 1. The molecule has 0 spiro atoms. The summed E-state index contributed by atoms with van der Waals surface area (Å²) in [6.45, 7) is 4.73. The van der Waals surface area contributed by atoms with Crippen molar-refractivity contribution in [3.05, 3.63) is 41.0 Å². The minimum absolute atomic E-state index is 0.0785. The van der Waals surface area contributed by atoms with Crippen LogP contribution >= 0.6 is 0 Å². The quantitative estimate of drug-likeness (QED) is 0.469. The van der Waals surface area contributed by atoms with Crippen LogP contribution < -0.4 is 5.32 Å². The molecule has 0 radical (unpaired) electrons. The molecule has 1 aromatic carbocycles.